The van der Waals surface area contributed by atoms with Crippen LogP contribution in [0.15, 0.2) is 54.7 Å². The Kier molecular flexibility index (Phi) is 5.01. The quantitative estimate of drug-likeness (QED) is 0.725. The van der Waals surface area contributed by atoms with Gasteiger partial charge < -0.3 is 9.47 Å². The Bertz CT molecular complexity index is 988. The molecule has 2 heterocycles. The lowest BCUT2D eigenvalue weighted by atomic mass is 9.84. The van der Waals surface area contributed by atoms with Crippen LogP contribution >= 0.6 is 0 Å². The Labute approximate surface area is 164 Å². The molecule has 0 radical (unpaired) electrons. The zero-order chi connectivity index (χ0) is 19.7. The van der Waals surface area contributed by atoms with Crippen LogP contribution in [0.3, 0.4) is 0 Å². The van der Waals surface area contributed by atoms with Crippen LogP contribution in [0.1, 0.15) is 40.0 Å². The van der Waals surface area contributed by atoms with Crippen molar-refractivity contribution in [3.8, 4) is 11.5 Å². The van der Waals surface area contributed by atoms with Crippen LogP contribution in [0.25, 0.3) is 0 Å². The Hall–Kier alpha value is -2.92. The molecule has 2 aromatic carbocycles. The highest BCUT2D eigenvalue weighted by Gasteiger charge is 2.31. The predicted octanol–water partition coefficient (Wildman–Crippen LogP) is 4.52. The summed E-state index contributed by atoms with van der Waals surface area (Å²) in [6.45, 7) is 2.07. The van der Waals surface area contributed by atoms with E-state index in [1.807, 2.05) is 36.5 Å². The van der Waals surface area contributed by atoms with Crippen LogP contribution in [0.5, 0.6) is 11.5 Å². The molecular formula is C23H23FN2O2. The molecule has 5 heteroatoms. The van der Waals surface area contributed by atoms with E-state index in [0.29, 0.717) is 11.5 Å². The average Bonchev–Trinajstić information content (AvgIpc) is 2.73. The minimum Gasteiger partial charge on any atom is -0.493 e. The van der Waals surface area contributed by atoms with Gasteiger partial charge in [0.15, 0.2) is 11.5 Å². The number of aryl methyl sites for hydroxylation is 1. The van der Waals surface area contributed by atoms with Gasteiger partial charge in [-0.2, -0.15) is 0 Å². The van der Waals surface area contributed by atoms with Gasteiger partial charge in [0.2, 0.25) is 0 Å². The van der Waals surface area contributed by atoms with Crippen molar-refractivity contribution in [3.05, 3.63) is 88.5 Å². The van der Waals surface area contributed by atoms with Gasteiger partial charge >= 0.3 is 0 Å². The van der Waals surface area contributed by atoms with Gasteiger partial charge in [-0.15, -0.1) is 0 Å². The first-order valence-corrected chi connectivity index (χ1v) is 9.28. The second-order valence-corrected chi connectivity index (χ2v) is 7.02. The van der Waals surface area contributed by atoms with Crippen molar-refractivity contribution in [1.29, 1.82) is 0 Å². The molecule has 4 rings (SSSR count). The third-order valence-electron chi connectivity index (χ3n) is 5.33. The molecule has 1 aliphatic rings. The standard InChI is InChI=1S/C23H23FN2O2/c1-14-5-4-10-25-22(14)19-11-16-12-20(27-2)21(28-3)13-18(16)23(26-19)15-6-8-17(24)9-7-15/h4-10,12-13,19,23,26H,11H2,1-3H3/t19-,23-/m0/s1. The van der Waals surface area contributed by atoms with E-state index in [1.165, 1.54) is 17.7 Å². The number of nitrogens with zero attached hydrogens (tertiary/aromatic N) is 1. The number of halogens is 1. The van der Waals surface area contributed by atoms with E-state index in [4.69, 9.17) is 9.47 Å². The summed E-state index contributed by atoms with van der Waals surface area (Å²) in [5, 5.41) is 3.71. The molecule has 1 aliphatic heterocycles. The molecule has 0 bridgehead atoms. The summed E-state index contributed by atoms with van der Waals surface area (Å²) in [6, 6.07) is 14.6. The van der Waals surface area contributed by atoms with E-state index in [2.05, 4.69) is 23.3 Å². The number of rotatable bonds is 4. The van der Waals surface area contributed by atoms with Gasteiger partial charge in [-0.1, -0.05) is 18.2 Å². The molecule has 0 spiro atoms. The summed E-state index contributed by atoms with van der Waals surface area (Å²) in [6.07, 6.45) is 2.60. The molecule has 3 aromatic rings. The van der Waals surface area contributed by atoms with E-state index in [9.17, 15) is 4.39 Å². The number of hydrogen-bond donors (Lipinski definition) is 1. The van der Waals surface area contributed by atoms with Crippen LogP contribution in [-0.4, -0.2) is 19.2 Å². The van der Waals surface area contributed by atoms with Gasteiger partial charge in [-0.25, -0.2) is 4.39 Å². The van der Waals surface area contributed by atoms with Crippen molar-refractivity contribution in [2.75, 3.05) is 14.2 Å². The molecule has 2 atom stereocenters. The maximum absolute atomic E-state index is 13.5. The summed E-state index contributed by atoms with van der Waals surface area (Å²) in [4.78, 5) is 4.61. The van der Waals surface area contributed by atoms with Crippen molar-refractivity contribution in [2.45, 2.75) is 25.4 Å². The van der Waals surface area contributed by atoms with Gasteiger partial charge in [0, 0.05) is 6.20 Å². The summed E-state index contributed by atoms with van der Waals surface area (Å²) < 4.78 is 24.5. The summed E-state index contributed by atoms with van der Waals surface area (Å²) in [7, 11) is 3.27. The number of nitrogens with one attached hydrogen (secondary N) is 1. The van der Waals surface area contributed by atoms with Gasteiger partial charge in [0.05, 0.1) is 32.0 Å². The Morgan fingerprint density at radius 1 is 1.04 bits per heavy atom. The van der Waals surface area contributed by atoms with Crippen molar-refractivity contribution in [3.63, 3.8) is 0 Å². The fraction of sp³-hybridized carbons (Fsp3) is 0.261. The van der Waals surface area contributed by atoms with Crippen LogP contribution in [0.4, 0.5) is 4.39 Å². The maximum Gasteiger partial charge on any atom is 0.161 e. The Balaban J connectivity index is 1.84. The number of fused-ring (bicyclic) bond motifs is 1. The second-order valence-electron chi connectivity index (χ2n) is 7.02. The van der Waals surface area contributed by atoms with Crippen molar-refractivity contribution in [1.82, 2.24) is 10.3 Å². The maximum atomic E-state index is 13.5. The first kappa shape index (κ1) is 18.4. The molecule has 0 amide bonds. The lowest BCUT2D eigenvalue weighted by Crippen LogP contribution is -2.35. The highest BCUT2D eigenvalue weighted by Crippen LogP contribution is 2.41. The lowest BCUT2D eigenvalue weighted by Gasteiger charge is -2.34. The summed E-state index contributed by atoms with van der Waals surface area (Å²) in [5.41, 5.74) is 5.43. The molecule has 4 nitrogen and oxygen atoms in total. The first-order chi connectivity index (χ1) is 13.6. The molecule has 0 unspecified atom stereocenters. The molecule has 1 N–H and O–H groups in total. The molecule has 28 heavy (non-hydrogen) atoms. The first-order valence-electron chi connectivity index (χ1n) is 9.28. The van der Waals surface area contributed by atoms with E-state index in [0.717, 1.165) is 28.8 Å². The van der Waals surface area contributed by atoms with Crippen molar-refractivity contribution in [2.24, 2.45) is 0 Å². The zero-order valence-corrected chi connectivity index (χ0v) is 16.2. The van der Waals surface area contributed by atoms with Crippen LogP contribution in [0, 0.1) is 12.7 Å². The van der Waals surface area contributed by atoms with Gasteiger partial charge in [-0.3, -0.25) is 10.3 Å². The fourth-order valence-electron chi connectivity index (χ4n) is 3.92. The fourth-order valence-corrected chi connectivity index (χ4v) is 3.92. The number of hydrogen-bond acceptors (Lipinski definition) is 4. The van der Waals surface area contributed by atoms with Gasteiger partial charge in [0.25, 0.3) is 0 Å². The van der Waals surface area contributed by atoms with E-state index >= 15 is 0 Å². The van der Waals surface area contributed by atoms with E-state index in [-0.39, 0.29) is 17.9 Å². The van der Waals surface area contributed by atoms with Gasteiger partial charge in [-0.05, 0) is 65.9 Å². The molecular weight excluding hydrogens is 355 g/mol. The van der Waals surface area contributed by atoms with Crippen LogP contribution in [-0.2, 0) is 6.42 Å². The predicted molar refractivity (Wildman–Crippen MR) is 106 cm³/mol. The molecule has 0 saturated carbocycles. The lowest BCUT2D eigenvalue weighted by molar-refractivity contribution is 0.350. The molecule has 0 saturated heterocycles. The SMILES string of the molecule is COc1cc2c(cc1OC)[C@H](c1ccc(F)cc1)N[C@H](c1ncccc1C)C2. The topological polar surface area (TPSA) is 43.4 Å². The van der Waals surface area contributed by atoms with Crippen molar-refractivity contribution >= 4 is 0 Å². The highest BCUT2D eigenvalue weighted by atomic mass is 19.1. The average molecular weight is 378 g/mol. The van der Waals surface area contributed by atoms with Crippen molar-refractivity contribution < 1.29 is 13.9 Å². The minimum absolute atomic E-state index is 0.0434. The highest BCUT2D eigenvalue weighted by molar-refractivity contribution is 5.52. The smallest absolute Gasteiger partial charge is 0.161 e. The van der Waals surface area contributed by atoms with Crippen LogP contribution in [0.2, 0.25) is 0 Å². The number of benzene rings is 2. The largest absolute Gasteiger partial charge is 0.493 e. The monoisotopic (exact) mass is 378 g/mol. The zero-order valence-electron chi connectivity index (χ0n) is 16.2. The third kappa shape index (κ3) is 3.34. The number of ether oxygens (including phenoxy) is 2. The van der Waals surface area contributed by atoms with E-state index in [1.54, 1.807) is 14.2 Å². The summed E-state index contributed by atoms with van der Waals surface area (Å²) >= 11 is 0. The molecule has 0 aliphatic carbocycles. The molecule has 1 aromatic heterocycles. The number of pyridine rings is 1. The Morgan fingerprint density at radius 2 is 1.75 bits per heavy atom. The molecule has 144 valence electrons. The third-order valence-corrected chi connectivity index (χ3v) is 5.33. The Morgan fingerprint density at radius 3 is 2.43 bits per heavy atom. The van der Waals surface area contributed by atoms with E-state index < -0.39 is 0 Å². The number of methoxy groups -OCH3 is 2. The normalized spacial score (nSPS) is 18.4. The molecule has 0 fully saturated rings. The second kappa shape index (κ2) is 7.60. The minimum atomic E-state index is -0.246. The van der Waals surface area contributed by atoms with Crippen LogP contribution < -0.4 is 14.8 Å². The summed E-state index contributed by atoms with van der Waals surface area (Å²) in [5.74, 6) is 1.14. The van der Waals surface area contributed by atoms with Gasteiger partial charge in [0.1, 0.15) is 5.82 Å². The number of aromatic nitrogens is 1.